The fraction of sp³-hybridized carbons (Fsp3) is 0.286. The van der Waals surface area contributed by atoms with E-state index in [-0.39, 0.29) is 0 Å². The van der Waals surface area contributed by atoms with E-state index in [0.717, 1.165) is 30.8 Å². The Kier molecular flexibility index (Phi) is 4.52. The minimum Gasteiger partial charge on any atom is -0.389 e. The Hall–Kier alpha value is -1.88. The number of nitrogens with two attached hydrogens (primary N) is 1. The van der Waals surface area contributed by atoms with E-state index >= 15 is 0 Å². The Balaban J connectivity index is 1.91. The summed E-state index contributed by atoms with van der Waals surface area (Å²) < 4.78 is 2.06. The molecule has 0 bridgehead atoms. The monoisotopic (exact) mass is 274 g/mol. The van der Waals surface area contributed by atoms with Gasteiger partial charge in [0.2, 0.25) is 0 Å². The van der Waals surface area contributed by atoms with Crippen molar-refractivity contribution in [1.29, 1.82) is 0 Å². The number of hydrogen-bond donors (Lipinski definition) is 2. The number of benzene rings is 1. The second kappa shape index (κ2) is 6.33. The lowest BCUT2D eigenvalue weighted by Crippen LogP contribution is -2.14. The average Bonchev–Trinajstić information content (AvgIpc) is 2.87. The fourth-order valence-corrected chi connectivity index (χ4v) is 2.10. The third-order valence-corrected chi connectivity index (χ3v) is 3.13. The molecule has 2 rings (SSSR count). The van der Waals surface area contributed by atoms with Crippen molar-refractivity contribution < 1.29 is 0 Å². The van der Waals surface area contributed by atoms with Gasteiger partial charge in [-0.15, -0.1) is 0 Å². The highest BCUT2D eigenvalue weighted by atomic mass is 32.1. The van der Waals surface area contributed by atoms with Crippen LogP contribution in [0.3, 0.4) is 0 Å². The van der Waals surface area contributed by atoms with Crippen molar-refractivity contribution in [3.63, 3.8) is 0 Å². The second-order valence-corrected chi connectivity index (χ2v) is 4.93. The quantitative estimate of drug-likeness (QED) is 0.627. The molecule has 2 aromatic rings. The normalized spacial score (nSPS) is 10.4. The molecule has 3 N–H and O–H groups in total. The Morgan fingerprint density at radius 2 is 2.32 bits per heavy atom. The van der Waals surface area contributed by atoms with Crippen LogP contribution in [-0.4, -0.2) is 21.1 Å². The molecule has 0 spiro atoms. The molecule has 19 heavy (non-hydrogen) atoms. The van der Waals surface area contributed by atoms with Crippen molar-refractivity contribution in [2.45, 2.75) is 19.9 Å². The summed E-state index contributed by atoms with van der Waals surface area (Å²) in [5.74, 6) is 0. The predicted molar refractivity (Wildman–Crippen MR) is 82.4 cm³/mol. The first-order valence-electron chi connectivity index (χ1n) is 6.27. The van der Waals surface area contributed by atoms with E-state index in [0.29, 0.717) is 4.99 Å². The Bertz CT molecular complexity index is 549. The van der Waals surface area contributed by atoms with Crippen molar-refractivity contribution >= 4 is 22.9 Å². The third kappa shape index (κ3) is 3.79. The summed E-state index contributed by atoms with van der Waals surface area (Å²) in [7, 11) is 0. The molecule has 0 saturated heterocycles. The van der Waals surface area contributed by atoms with Gasteiger partial charge in [-0.3, -0.25) is 0 Å². The largest absolute Gasteiger partial charge is 0.389 e. The first-order chi connectivity index (χ1) is 9.16. The van der Waals surface area contributed by atoms with Gasteiger partial charge in [-0.1, -0.05) is 18.3 Å². The maximum Gasteiger partial charge on any atom is 0.106 e. The van der Waals surface area contributed by atoms with Crippen LogP contribution in [-0.2, 0) is 6.54 Å². The van der Waals surface area contributed by atoms with Crippen molar-refractivity contribution in [3.8, 4) is 0 Å². The molecule has 0 aliphatic carbocycles. The summed E-state index contributed by atoms with van der Waals surface area (Å²) >= 11 is 5.06. The maximum absolute atomic E-state index is 5.73. The van der Waals surface area contributed by atoms with Crippen LogP contribution >= 0.6 is 12.2 Å². The number of thiocarbonyl (C=S) groups is 1. The van der Waals surface area contributed by atoms with Gasteiger partial charge in [0.25, 0.3) is 0 Å². The fourth-order valence-electron chi connectivity index (χ4n) is 1.92. The van der Waals surface area contributed by atoms with E-state index < -0.39 is 0 Å². The molecule has 0 radical (unpaired) electrons. The zero-order valence-electron chi connectivity index (χ0n) is 11.0. The highest BCUT2D eigenvalue weighted by molar-refractivity contribution is 7.80. The summed E-state index contributed by atoms with van der Waals surface area (Å²) in [6.07, 6.45) is 6.60. The van der Waals surface area contributed by atoms with E-state index in [2.05, 4.69) is 27.9 Å². The summed E-state index contributed by atoms with van der Waals surface area (Å²) in [5, 5.41) is 3.40. The van der Waals surface area contributed by atoms with E-state index in [4.69, 9.17) is 18.0 Å². The SMILES string of the molecule is Cc1ccc(C(N)=S)c(NCCCn2ccnc2)c1. The second-order valence-electron chi connectivity index (χ2n) is 4.49. The van der Waals surface area contributed by atoms with E-state index in [1.54, 1.807) is 6.20 Å². The van der Waals surface area contributed by atoms with Crippen molar-refractivity contribution in [3.05, 3.63) is 48.0 Å². The van der Waals surface area contributed by atoms with E-state index in [9.17, 15) is 0 Å². The molecular formula is C14H18N4S. The molecular weight excluding hydrogens is 256 g/mol. The van der Waals surface area contributed by atoms with Crippen LogP contribution < -0.4 is 11.1 Å². The highest BCUT2D eigenvalue weighted by Crippen LogP contribution is 2.17. The summed E-state index contributed by atoms with van der Waals surface area (Å²) in [6.45, 7) is 3.87. The van der Waals surface area contributed by atoms with Crippen molar-refractivity contribution in [2.75, 3.05) is 11.9 Å². The summed E-state index contributed by atoms with van der Waals surface area (Å²) in [4.78, 5) is 4.44. The molecule has 0 fully saturated rings. The topological polar surface area (TPSA) is 55.9 Å². The summed E-state index contributed by atoms with van der Waals surface area (Å²) in [5.41, 5.74) is 8.83. The lowest BCUT2D eigenvalue weighted by molar-refractivity contribution is 0.661. The standard InChI is InChI=1S/C14H18N4S/c1-11-3-4-12(14(15)19)13(9-11)17-5-2-7-18-8-6-16-10-18/h3-4,6,8-10,17H,2,5,7H2,1H3,(H2,15,19). The van der Waals surface area contributed by atoms with Gasteiger partial charge in [-0.2, -0.15) is 0 Å². The van der Waals surface area contributed by atoms with Gasteiger partial charge < -0.3 is 15.6 Å². The van der Waals surface area contributed by atoms with E-state index in [1.807, 2.05) is 24.7 Å². The molecule has 1 aromatic heterocycles. The van der Waals surface area contributed by atoms with Gasteiger partial charge in [-0.05, 0) is 31.0 Å². The first-order valence-corrected chi connectivity index (χ1v) is 6.67. The van der Waals surface area contributed by atoms with Gasteiger partial charge >= 0.3 is 0 Å². The molecule has 0 aliphatic rings. The lowest BCUT2D eigenvalue weighted by atomic mass is 10.1. The third-order valence-electron chi connectivity index (χ3n) is 2.91. The van der Waals surface area contributed by atoms with Crippen LogP contribution in [0.15, 0.2) is 36.9 Å². The van der Waals surface area contributed by atoms with Crippen LogP contribution in [0, 0.1) is 6.92 Å². The molecule has 0 unspecified atom stereocenters. The van der Waals surface area contributed by atoms with Crippen LogP contribution in [0.25, 0.3) is 0 Å². The Labute approximate surface area is 118 Å². The zero-order valence-corrected chi connectivity index (χ0v) is 11.8. The average molecular weight is 274 g/mol. The Morgan fingerprint density at radius 3 is 3.00 bits per heavy atom. The number of aromatic nitrogens is 2. The molecule has 100 valence electrons. The van der Waals surface area contributed by atoms with Crippen LogP contribution in [0.2, 0.25) is 0 Å². The minimum absolute atomic E-state index is 0.428. The number of aryl methyl sites for hydroxylation is 2. The maximum atomic E-state index is 5.73. The molecule has 1 heterocycles. The molecule has 1 aromatic carbocycles. The summed E-state index contributed by atoms with van der Waals surface area (Å²) in [6, 6.07) is 6.06. The van der Waals surface area contributed by atoms with Gasteiger partial charge in [0.1, 0.15) is 4.99 Å². The molecule has 0 saturated carbocycles. The first kappa shape index (κ1) is 13.5. The molecule has 0 atom stereocenters. The van der Waals surface area contributed by atoms with E-state index in [1.165, 1.54) is 5.56 Å². The van der Waals surface area contributed by atoms with Crippen LogP contribution in [0.1, 0.15) is 17.5 Å². The lowest BCUT2D eigenvalue weighted by Gasteiger charge is -2.12. The number of hydrogen-bond acceptors (Lipinski definition) is 3. The van der Waals surface area contributed by atoms with Gasteiger partial charge in [0.05, 0.1) is 6.33 Å². The van der Waals surface area contributed by atoms with Crippen molar-refractivity contribution in [1.82, 2.24) is 9.55 Å². The van der Waals surface area contributed by atoms with Gasteiger partial charge in [0, 0.05) is 36.7 Å². The highest BCUT2D eigenvalue weighted by Gasteiger charge is 2.04. The number of nitrogens with zero attached hydrogens (tertiary/aromatic N) is 2. The predicted octanol–water partition coefficient (Wildman–Crippen LogP) is 2.33. The van der Waals surface area contributed by atoms with Crippen molar-refractivity contribution in [2.24, 2.45) is 5.73 Å². The van der Waals surface area contributed by atoms with Crippen LogP contribution in [0.4, 0.5) is 5.69 Å². The van der Waals surface area contributed by atoms with Crippen LogP contribution in [0.5, 0.6) is 0 Å². The smallest absolute Gasteiger partial charge is 0.106 e. The zero-order chi connectivity index (χ0) is 13.7. The molecule has 0 amide bonds. The minimum atomic E-state index is 0.428. The van der Waals surface area contributed by atoms with Gasteiger partial charge in [0.15, 0.2) is 0 Å². The number of nitrogens with one attached hydrogen (secondary N) is 1. The number of anilines is 1. The molecule has 5 heteroatoms. The molecule has 4 nitrogen and oxygen atoms in total. The number of rotatable bonds is 6. The number of imidazole rings is 1. The molecule has 0 aliphatic heterocycles. The Morgan fingerprint density at radius 1 is 1.47 bits per heavy atom. The van der Waals surface area contributed by atoms with Gasteiger partial charge in [-0.25, -0.2) is 4.98 Å².